The minimum atomic E-state index is -0.294. The van der Waals surface area contributed by atoms with E-state index in [1.165, 1.54) is 12.1 Å². The molecule has 0 fully saturated rings. The fourth-order valence-corrected chi connectivity index (χ4v) is 3.16. The van der Waals surface area contributed by atoms with E-state index in [-0.39, 0.29) is 5.82 Å². The van der Waals surface area contributed by atoms with Gasteiger partial charge in [-0.15, -0.1) is 11.3 Å². The normalized spacial score (nSPS) is 11.2. The Balaban J connectivity index is 2.24. The Hall–Kier alpha value is -1.52. The van der Waals surface area contributed by atoms with Crippen LogP contribution in [-0.4, -0.2) is 9.97 Å². The van der Waals surface area contributed by atoms with Crippen molar-refractivity contribution in [2.45, 2.75) is 13.8 Å². The molecule has 3 aromatic rings. The van der Waals surface area contributed by atoms with Crippen molar-refractivity contribution in [3.63, 3.8) is 0 Å². The molecule has 1 aromatic carbocycles. The summed E-state index contributed by atoms with van der Waals surface area (Å²) in [6.07, 6.45) is 0. The summed E-state index contributed by atoms with van der Waals surface area (Å²) in [7, 11) is 0. The molecule has 0 spiro atoms. The largest absolute Gasteiger partial charge is 0.217 e. The number of aryl methyl sites for hydroxylation is 2. The van der Waals surface area contributed by atoms with Crippen LogP contribution in [0, 0.1) is 19.7 Å². The Morgan fingerprint density at radius 2 is 1.89 bits per heavy atom. The highest BCUT2D eigenvalue weighted by atomic mass is 35.5. The van der Waals surface area contributed by atoms with Gasteiger partial charge in [-0.1, -0.05) is 11.6 Å². The maximum absolute atomic E-state index is 13.4. The van der Waals surface area contributed by atoms with Crippen molar-refractivity contribution in [3.8, 4) is 11.4 Å². The van der Waals surface area contributed by atoms with Crippen LogP contribution >= 0.6 is 22.9 Å². The van der Waals surface area contributed by atoms with Gasteiger partial charge in [0.05, 0.1) is 0 Å². The molecule has 0 atom stereocenters. The summed E-state index contributed by atoms with van der Waals surface area (Å²) in [6.45, 7) is 3.83. The third kappa shape index (κ3) is 2.33. The number of rotatable bonds is 1. The Bertz CT molecular complexity index is 762. The number of thiophene rings is 1. The molecule has 3 rings (SSSR count). The van der Waals surface area contributed by atoms with Gasteiger partial charge in [-0.05, 0) is 43.7 Å². The Labute approximate surface area is 118 Å². The van der Waals surface area contributed by atoms with Crippen LogP contribution < -0.4 is 0 Å². The monoisotopic (exact) mass is 292 g/mol. The number of hydrogen-bond donors (Lipinski definition) is 0. The standard InChI is InChI=1S/C14H10ClFN2S/c1-7-3-9(6-10(16)4-7)13-17-12(15)11-5-8(2)19-14(11)18-13/h3-6H,1-2H3. The predicted molar refractivity (Wildman–Crippen MR) is 77.3 cm³/mol. The van der Waals surface area contributed by atoms with E-state index in [1.807, 2.05) is 26.0 Å². The summed E-state index contributed by atoms with van der Waals surface area (Å²) >= 11 is 7.72. The lowest BCUT2D eigenvalue weighted by Gasteiger charge is -2.03. The molecule has 0 aliphatic rings. The minimum absolute atomic E-state index is 0.294. The molecule has 2 aromatic heterocycles. The average molecular weight is 293 g/mol. The summed E-state index contributed by atoms with van der Waals surface area (Å²) < 4.78 is 13.4. The maximum atomic E-state index is 13.4. The van der Waals surface area contributed by atoms with Crippen molar-refractivity contribution in [3.05, 3.63) is 45.7 Å². The molecule has 0 saturated heterocycles. The van der Waals surface area contributed by atoms with Crippen molar-refractivity contribution in [2.24, 2.45) is 0 Å². The second-order valence-electron chi connectivity index (χ2n) is 4.43. The summed E-state index contributed by atoms with van der Waals surface area (Å²) in [5.74, 6) is 0.166. The van der Waals surface area contributed by atoms with Crippen LogP contribution in [0.3, 0.4) is 0 Å². The van der Waals surface area contributed by atoms with Gasteiger partial charge in [0, 0.05) is 15.8 Å². The molecule has 5 heteroatoms. The van der Waals surface area contributed by atoms with Crippen molar-refractivity contribution in [1.82, 2.24) is 9.97 Å². The van der Waals surface area contributed by atoms with E-state index < -0.39 is 0 Å². The molecule has 0 N–H and O–H groups in total. The van der Waals surface area contributed by atoms with E-state index in [4.69, 9.17) is 11.6 Å². The molecule has 19 heavy (non-hydrogen) atoms. The van der Waals surface area contributed by atoms with Crippen LogP contribution in [0.4, 0.5) is 4.39 Å². The second kappa shape index (κ2) is 4.54. The highest BCUT2D eigenvalue weighted by Gasteiger charge is 2.11. The maximum Gasteiger partial charge on any atom is 0.162 e. The lowest BCUT2D eigenvalue weighted by molar-refractivity contribution is 0.627. The zero-order valence-electron chi connectivity index (χ0n) is 10.4. The molecule has 0 aliphatic carbocycles. The third-order valence-electron chi connectivity index (χ3n) is 2.77. The Morgan fingerprint density at radius 1 is 1.11 bits per heavy atom. The molecule has 0 saturated carbocycles. The summed E-state index contributed by atoms with van der Waals surface area (Å²) in [6, 6.07) is 6.70. The van der Waals surface area contributed by atoms with Crippen molar-refractivity contribution < 1.29 is 4.39 Å². The fourth-order valence-electron chi connectivity index (χ4n) is 2.00. The van der Waals surface area contributed by atoms with Gasteiger partial charge in [0.25, 0.3) is 0 Å². The van der Waals surface area contributed by atoms with Gasteiger partial charge in [-0.3, -0.25) is 0 Å². The van der Waals surface area contributed by atoms with Gasteiger partial charge < -0.3 is 0 Å². The van der Waals surface area contributed by atoms with E-state index in [0.717, 1.165) is 20.7 Å². The number of benzene rings is 1. The first kappa shape index (κ1) is 12.5. The average Bonchev–Trinajstić information content (AvgIpc) is 2.69. The first-order chi connectivity index (χ1) is 9.02. The fraction of sp³-hybridized carbons (Fsp3) is 0.143. The van der Waals surface area contributed by atoms with E-state index in [9.17, 15) is 4.39 Å². The summed E-state index contributed by atoms with van der Waals surface area (Å²) in [5, 5.41) is 1.26. The van der Waals surface area contributed by atoms with Crippen LogP contribution in [0.25, 0.3) is 21.6 Å². The van der Waals surface area contributed by atoms with Crippen molar-refractivity contribution in [2.75, 3.05) is 0 Å². The van der Waals surface area contributed by atoms with Crippen LogP contribution in [-0.2, 0) is 0 Å². The number of nitrogens with zero attached hydrogens (tertiary/aromatic N) is 2. The minimum Gasteiger partial charge on any atom is -0.217 e. The van der Waals surface area contributed by atoms with E-state index in [2.05, 4.69) is 9.97 Å². The predicted octanol–water partition coefficient (Wildman–Crippen LogP) is 4.77. The van der Waals surface area contributed by atoms with Gasteiger partial charge in [0.1, 0.15) is 15.8 Å². The first-order valence-corrected chi connectivity index (χ1v) is 6.93. The molecule has 96 valence electrons. The van der Waals surface area contributed by atoms with Gasteiger partial charge in [0.2, 0.25) is 0 Å². The highest BCUT2D eigenvalue weighted by molar-refractivity contribution is 7.18. The molecule has 0 amide bonds. The van der Waals surface area contributed by atoms with Crippen molar-refractivity contribution >= 4 is 33.2 Å². The number of halogens is 2. The van der Waals surface area contributed by atoms with Gasteiger partial charge >= 0.3 is 0 Å². The van der Waals surface area contributed by atoms with Gasteiger partial charge in [-0.2, -0.15) is 0 Å². The lowest BCUT2D eigenvalue weighted by Crippen LogP contribution is -1.91. The zero-order valence-corrected chi connectivity index (χ0v) is 11.9. The highest BCUT2D eigenvalue weighted by Crippen LogP contribution is 2.31. The van der Waals surface area contributed by atoms with Crippen LogP contribution in [0.1, 0.15) is 10.4 Å². The third-order valence-corrected chi connectivity index (χ3v) is 4.00. The van der Waals surface area contributed by atoms with E-state index in [0.29, 0.717) is 16.5 Å². The van der Waals surface area contributed by atoms with Crippen LogP contribution in [0.15, 0.2) is 24.3 Å². The zero-order chi connectivity index (χ0) is 13.6. The quantitative estimate of drug-likeness (QED) is 0.604. The molecular formula is C14H10ClFN2S. The molecule has 2 nitrogen and oxygen atoms in total. The second-order valence-corrected chi connectivity index (χ2v) is 6.02. The number of aromatic nitrogens is 2. The summed E-state index contributed by atoms with van der Waals surface area (Å²) in [4.78, 5) is 10.7. The molecule has 0 bridgehead atoms. The lowest BCUT2D eigenvalue weighted by atomic mass is 10.1. The topological polar surface area (TPSA) is 25.8 Å². The number of hydrogen-bond acceptors (Lipinski definition) is 3. The van der Waals surface area contributed by atoms with Gasteiger partial charge in [0.15, 0.2) is 5.82 Å². The Kier molecular flexibility index (Phi) is 2.99. The molecule has 0 unspecified atom stereocenters. The van der Waals surface area contributed by atoms with E-state index >= 15 is 0 Å². The van der Waals surface area contributed by atoms with E-state index in [1.54, 1.807) is 11.3 Å². The molecule has 0 radical (unpaired) electrons. The van der Waals surface area contributed by atoms with Crippen LogP contribution in [0.2, 0.25) is 5.15 Å². The molecule has 0 aliphatic heterocycles. The summed E-state index contributed by atoms with van der Waals surface area (Å²) in [5.41, 5.74) is 1.48. The van der Waals surface area contributed by atoms with Gasteiger partial charge in [-0.25, -0.2) is 14.4 Å². The SMILES string of the molecule is Cc1cc(F)cc(-c2nc(Cl)c3cc(C)sc3n2)c1. The first-order valence-electron chi connectivity index (χ1n) is 5.74. The van der Waals surface area contributed by atoms with Crippen LogP contribution in [0.5, 0.6) is 0 Å². The number of fused-ring (bicyclic) bond motifs is 1. The molecular weight excluding hydrogens is 283 g/mol. The van der Waals surface area contributed by atoms with Crippen molar-refractivity contribution in [1.29, 1.82) is 0 Å². The smallest absolute Gasteiger partial charge is 0.162 e. The molecule has 2 heterocycles. The Morgan fingerprint density at radius 3 is 2.63 bits per heavy atom.